The average molecular weight is 631 g/mol. The number of carbonyl (C=O) groups is 2. The summed E-state index contributed by atoms with van der Waals surface area (Å²) in [4.78, 5) is 34.1. The number of pyridine rings is 2. The molecule has 1 aliphatic heterocycles. The summed E-state index contributed by atoms with van der Waals surface area (Å²) in [6.07, 6.45) is 10.4. The highest BCUT2D eigenvalue weighted by Crippen LogP contribution is 2.40. The van der Waals surface area contributed by atoms with E-state index in [1.54, 1.807) is 18.3 Å². The Morgan fingerprint density at radius 2 is 1.91 bits per heavy atom. The first kappa shape index (κ1) is 29.7. The third kappa shape index (κ3) is 6.69. The molecule has 5 N–H and O–H groups in total. The zero-order valence-electron chi connectivity index (χ0n) is 24.6. The second-order valence-corrected chi connectivity index (χ2v) is 13.3. The molecule has 2 amide bonds. The van der Waals surface area contributed by atoms with E-state index in [4.69, 9.17) is 9.72 Å². The van der Waals surface area contributed by atoms with E-state index in [0.717, 1.165) is 65.7 Å². The van der Waals surface area contributed by atoms with Gasteiger partial charge in [0.25, 0.3) is 0 Å². The fourth-order valence-corrected chi connectivity index (χ4v) is 7.28. The van der Waals surface area contributed by atoms with Crippen LogP contribution >= 0.6 is 11.3 Å². The van der Waals surface area contributed by atoms with Crippen molar-refractivity contribution >= 4 is 39.1 Å². The molecule has 2 saturated carbocycles. The van der Waals surface area contributed by atoms with Crippen molar-refractivity contribution in [3.63, 3.8) is 0 Å². The van der Waals surface area contributed by atoms with Gasteiger partial charge in [0.05, 0.1) is 32.5 Å². The van der Waals surface area contributed by atoms with Crippen molar-refractivity contribution in [1.82, 2.24) is 25.9 Å². The van der Waals surface area contributed by atoms with Crippen LogP contribution in [0.4, 0.5) is 14.9 Å². The lowest BCUT2D eigenvalue weighted by Crippen LogP contribution is -2.53. The van der Waals surface area contributed by atoms with E-state index in [0.29, 0.717) is 23.9 Å². The SMILES string of the molecule is O=C(Nc1ccc(Oc2ccnc3cc(-c4ccc(CC5CCC6(CC5)NCC(C(=O)CO)N6)cn4)sc23)c(F)c1)NC1CC1. The van der Waals surface area contributed by atoms with Gasteiger partial charge >= 0.3 is 6.03 Å². The Balaban J connectivity index is 0.980. The lowest BCUT2D eigenvalue weighted by Gasteiger charge is -2.38. The van der Waals surface area contributed by atoms with Crippen LogP contribution < -0.4 is 26.0 Å². The number of thiophene rings is 1. The van der Waals surface area contributed by atoms with Gasteiger partial charge in [0.2, 0.25) is 0 Å². The number of aliphatic hydroxyl groups excluding tert-OH is 1. The van der Waals surface area contributed by atoms with Gasteiger partial charge in [-0.25, -0.2) is 9.18 Å². The maximum atomic E-state index is 14.9. The summed E-state index contributed by atoms with van der Waals surface area (Å²) in [7, 11) is 0. The van der Waals surface area contributed by atoms with Gasteiger partial charge in [-0.05, 0) is 80.7 Å². The number of aromatic nitrogens is 2. The molecule has 1 unspecified atom stereocenters. The van der Waals surface area contributed by atoms with Gasteiger partial charge in [0.15, 0.2) is 17.3 Å². The normalized spacial score (nSPS) is 22.9. The number of fused-ring (bicyclic) bond motifs is 1. The number of carbonyl (C=O) groups excluding carboxylic acids is 2. The number of aliphatic hydroxyl groups is 1. The predicted octanol–water partition coefficient (Wildman–Crippen LogP) is 5.13. The number of hydrogen-bond donors (Lipinski definition) is 5. The van der Waals surface area contributed by atoms with Crippen LogP contribution in [0, 0.1) is 11.7 Å². The van der Waals surface area contributed by atoms with Crippen molar-refractivity contribution in [3.05, 3.63) is 66.2 Å². The molecule has 12 heteroatoms. The van der Waals surface area contributed by atoms with Crippen molar-refractivity contribution in [2.24, 2.45) is 5.92 Å². The second-order valence-electron chi connectivity index (χ2n) is 12.2. The van der Waals surface area contributed by atoms with Gasteiger partial charge in [0.1, 0.15) is 12.4 Å². The first-order valence-corrected chi connectivity index (χ1v) is 16.2. The molecule has 1 saturated heterocycles. The number of urea groups is 1. The molecule has 45 heavy (non-hydrogen) atoms. The van der Waals surface area contributed by atoms with Crippen molar-refractivity contribution in [2.75, 3.05) is 18.5 Å². The van der Waals surface area contributed by atoms with E-state index in [1.807, 2.05) is 18.3 Å². The van der Waals surface area contributed by atoms with Gasteiger partial charge < -0.3 is 20.5 Å². The molecule has 234 valence electrons. The number of ketones is 1. The maximum Gasteiger partial charge on any atom is 0.319 e. The molecule has 1 atom stereocenters. The average Bonchev–Trinajstić information content (AvgIpc) is 3.58. The number of nitrogens with zero attached hydrogens (tertiary/aromatic N) is 2. The molecule has 4 heterocycles. The number of hydrogen-bond acceptors (Lipinski definition) is 9. The molecule has 0 bridgehead atoms. The highest BCUT2D eigenvalue weighted by atomic mass is 32.1. The van der Waals surface area contributed by atoms with Gasteiger partial charge in [-0.2, -0.15) is 0 Å². The smallest absolute Gasteiger partial charge is 0.319 e. The van der Waals surface area contributed by atoms with Crippen LogP contribution in [-0.4, -0.2) is 57.8 Å². The fourth-order valence-electron chi connectivity index (χ4n) is 6.24. The molecule has 0 radical (unpaired) electrons. The van der Waals surface area contributed by atoms with Crippen LogP contribution in [0.25, 0.3) is 20.8 Å². The van der Waals surface area contributed by atoms with Crippen LogP contribution in [0.5, 0.6) is 11.5 Å². The third-order valence-corrected chi connectivity index (χ3v) is 10.1. The minimum atomic E-state index is -0.580. The molecule has 1 spiro atoms. The summed E-state index contributed by atoms with van der Waals surface area (Å²) in [5, 5.41) is 21.6. The van der Waals surface area contributed by atoms with Crippen molar-refractivity contribution in [1.29, 1.82) is 0 Å². The highest BCUT2D eigenvalue weighted by Gasteiger charge is 2.42. The van der Waals surface area contributed by atoms with E-state index in [1.165, 1.54) is 29.0 Å². The Morgan fingerprint density at radius 3 is 2.64 bits per heavy atom. The first-order valence-electron chi connectivity index (χ1n) is 15.4. The summed E-state index contributed by atoms with van der Waals surface area (Å²) in [5.41, 5.74) is 2.90. The van der Waals surface area contributed by atoms with Gasteiger partial charge in [-0.15, -0.1) is 11.3 Å². The van der Waals surface area contributed by atoms with Crippen molar-refractivity contribution in [2.45, 2.75) is 62.7 Å². The zero-order chi connectivity index (χ0) is 31.0. The standard InChI is InChI=1S/C33H35FN6O4S/c34-23-14-22(39-32(43)38-21-2-3-21)4-6-28(23)44-29-9-12-35-25-15-30(45-31(25)29)24-5-1-20(16-36-24)13-19-7-10-33(11-8-19)37-17-26(40-33)27(42)18-41/h1,4-6,9,12,14-16,19,21,26,37,40-41H,2-3,7-8,10-11,13,17-18H2,(H2,38,39,43). The molecule has 7 rings (SSSR count). The molecule has 4 aromatic rings. The molecular weight excluding hydrogens is 595 g/mol. The van der Waals surface area contributed by atoms with Crippen LogP contribution in [0.2, 0.25) is 0 Å². The maximum absolute atomic E-state index is 14.9. The van der Waals surface area contributed by atoms with Crippen LogP contribution in [-0.2, 0) is 11.2 Å². The lowest BCUT2D eigenvalue weighted by molar-refractivity contribution is -0.123. The van der Waals surface area contributed by atoms with Crippen LogP contribution in [0.15, 0.2) is 54.9 Å². The minimum Gasteiger partial charge on any atom is -0.453 e. The highest BCUT2D eigenvalue weighted by molar-refractivity contribution is 7.22. The van der Waals surface area contributed by atoms with Crippen molar-refractivity contribution in [3.8, 4) is 22.1 Å². The third-order valence-electron chi connectivity index (χ3n) is 8.90. The monoisotopic (exact) mass is 630 g/mol. The van der Waals surface area contributed by atoms with E-state index in [2.05, 4.69) is 32.3 Å². The minimum absolute atomic E-state index is 0.0553. The quantitative estimate of drug-likeness (QED) is 0.172. The van der Waals surface area contributed by atoms with Gasteiger partial charge in [-0.1, -0.05) is 6.07 Å². The molecule has 1 aromatic carbocycles. The summed E-state index contributed by atoms with van der Waals surface area (Å²) < 4.78 is 21.7. The number of ether oxygens (including phenoxy) is 1. The number of amides is 2. The Kier molecular flexibility index (Phi) is 8.21. The largest absolute Gasteiger partial charge is 0.453 e. The molecule has 3 aromatic heterocycles. The summed E-state index contributed by atoms with van der Waals surface area (Å²) in [6, 6.07) is 11.7. The van der Waals surface area contributed by atoms with Crippen LogP contribution in [0.1, 0.15) is 44.1 Å². The summed E-state index contributed by atoms with van der Waals surface area (Å²) in [6.45, 7) is 0.142. The number of rotatable bonds is 9. The van der Waals surface area contributed by atoms with Gasteiger partial charge in [-0.3, -0.25) is 25.4 Å². The van der Waals surface area contributed by atoms with E-state index < -0.39 is 12.4 Å². The summed E-state index contributed by atoms with van der Waals surface area (Å²) in [5.74, 6) is 0.349. The molecule has 10 nitrogen and oxygen atoms in total. The van der Waals surface area contributed by atoms with Crippen LogP contribution in [0.3, 0.4) is 0 Å². The Hall–Kier alpha value is -3.97. The molecule has 3 aliphatic rings. The van der Waals surface area contributed by atoms with Gasteiger partial charge in [0, 0.05) is 42.8 Å². The molecular formula is C33H35FN6O4S. The molecule has 3 fully saturated rings. The number of benzene rings is 1. The number of Topliss-reactive ketones (excluding diaryl/α,β-unsaturated/α-hetero) is 1. The van der Waals surface area contributed by atoms with E-state index >= 15 is 0 Å². The zero-order valence-corrected chi connectivity index (χ0v) is 25.5. The molecule has 2 aliphatic carbocycles. The summed E-state index contributed by atoms with van der Waals surface area (Å²) >= 11 is 1.49. The second kappa shape index (κ2) is 12.4. The number of halogens is 1. The topological polar surface area (TPSA) is 138 Å². The number of nitrogens with one attached hydrogen (secondary N) is 4. The predicted molar refractivity (Wildman–Crippen MR) is 170 cm³/mol. The first-order chi connectivity index (χ1) is 21.9. The fraction of sp³-hybridized carbons (Fsp3) is 0.394. The van der Waals surface area contributed by atoms with Crippen molar-refractivity contribution < 1.29 is 23.8 Å². The van der Waals surface area contributed by atoms with E-state index in [-0.39, 0.29) is 35.3 Å². The number of anilines is 1. The lowest BCUT2D eigenvalue weighted by atomic mass is 9.79. The Morgan fingerprint density at radius 1 is 1.07 bits per heavy atom. The van der Waals surface area contributed by atoms with E-state index in [9.17, 15) is 19.1 Å². The Labute approximate surface area is 263 Å². The Bertz CT molecular complexity index is 1720.